The van der Waals surface area contributed by atoms with Gasteiger partial charge in [0.15, 0.2) is 0 Å². The number of nitrogens with one attached hydrogen (secondary N) is 1. The molecule has 0 saturated heterocycles. The highest BCUT2D eigenvalue weighted by atomic mass is 16.1. The average molecular weight is 536 g/mol. The van der Waals surface area contributed by atoms with Gasteiger partial charge >= 0.3 is 5.69 Å². The molecule has 5 aromatic rings. The number of unbranched alkanes of at least 4 members (excludes halogenated alkanes) is 1. The lowest BCUT2D eigenvalue weighted by Gasteiger charge is -2.17. The number of nitrogens with zero attached hydrogens (tertiary/aromatic N) is 6. The first-order valence-electron chi connectivity index (χ1n) is 14.2. The molecule has 0 spiro atoms. The van der Waals surface area contributed by atoms with Gasteiger partial charge in [-0.15, -0.1) is 10.2 Å². The molecule has 3 heterocycles. The van der Waals surface area contributed by atoms with Crippen LogP contribution in [0.3, 0.4) is 0 Å². The van der Waals surface area contributed by atoms with E-state index in [1.807, 2.05) is 33.4 Å². The van der Waals surface area contributed by atoms with E-state index in [9.17, 15) is 4.79 Å². The zero-order valence-electron chi connectivity index (χ0n) is 23.8. The van der Waals surface area contributed by atoms with Gasteiger partial charge in [-0.1, -0.05) is 83.0 Å². The molecule has 3 aromatic heterocycles. The third-order valence-electron chi connectivity index (χ3n) is 7.34. The van der Waals surface area contributed by atoms with Crippen LogP contribution in [0.2, 0.25) is 0 Å². The molecule has 0 aliphatic carbocycles. The summed E-state index contributed by atoms with van der Waals surface area (Å²) in [5.41, 5.74) is 8.20. The molecule has 1 N–H and O–H groups in total. The minimum Gasteiger partial charge on any atom is -0.292 e. The summed E-state index contributed by atoms with van der Waals surface area (Å²) >= 11 is 0. The van der Waals surface area contributed by atoms with Gasteiger partial charge in [0.25, 0.3) is 0 Å². The van der Waals surface area contributed by atoms with Crippen molar-refractivity contribution in [2.45, 2.75) is 72.3 Å². The fraction of sp³-hybridized carbons (Fsp3) is 0.344. The highest BCUT2D eigenvalue weighted by Crippen LogP contribution is 2.29. The summed E-state index contributed by atoms with van der Waals surface area (Å²) in [7, 11) is 0. The fourth-order valence-corrected chi connectivity index (χ4v) is 5.30. The van der Waals surface area contributed by atoms with Gasteiger partial charge in [0.1, 0.15) is 0 Å². The van der Waals surface area contributed by atoms with E-state index in [1.165, 1.54) is 11.1 Å². The number of hydrogen-bond acceptors (Lipinski definition) is 5. The molecule has 0 aliphatic heterocycles. The van der Waals surface area contributed by atoms with Gasteiger partial charge in [0.05, 0.1) is 17.9 Å². The number of aromatic nitrogens is 7. The van der Waals surface area contributed by atoms with Gasteiger partial charge in [-0.3, -0.25) is 14.1 Å². The largest absolute Gasteiger partial charge is 0.333 e. The molecule has 40 heavy (non-hydrogen) atoms. The van der Waals surface area contributed by atoms with Gasteiger partial charge in [0.2, 0.25) is 5.82 Å². The highest BCUT2D eigenvalue weighted by molar-refractivity contribution is 5.76. The van der Waals surface area contributed by atoms with Crippen LogP contribution in [-0.4, -0.2) is 34.7 Å². The number of benzene rings is 2. The maximum Gasteiger partial charge on any atom is 0.333 e. The molecule has 0 aliphatic rings. The standard InChI is InChI=1S/C32H37N7O/c1-5-7-12-26-21-39(30-25(10-6-2)11-8-13-27(30)22(3)4)32(40)38(26)20-23-15-17-24(18-16-23)29-28(14-9-19-33-29)31-34-36-37-35-31/h8-9,11,13-19,21-22H,5-7,10,12,20H2,1-4H3,(H,34,35,36,37). The summed E-state index contributed by atoms with van der Waals surface area (Å²) in [6, 6.07) is 18.5. The van der Waals surface area contributed by atoms with Gasteiger partial charge in [-0.25, -0.2) is 4.79 Å². The number of para-hydroxylation sites is 1. The van der Waals surface area contributed by atoms with Crippen LogP contribution in [0.15, 0.2) is 71.8 Å². The fourth-order valence-electron chi connectivity index (χ4n) is 5.30. The van der Waals surface area contributed by atoms with Crippen molar-refractivity contribution < 1.29 is 0 Å². The first-order valence-corrected chi connectivity index (χ1v) is 14.2. The van der Waals surface area contributed by atoms with Gasteiger partial charge in [-0.2, -0.15) is 5.21 Å². The molecule has 2 aromatic carbocycles. The van der Waals surface area contributed by atoms with Crippen molar-refractivity contribution in [1.29, 1.82) is 0 Å². The zero-order valence-corrected chi connectivity index (χ0v) is 23.8. The minimum atomic E-state index is 0.0183. The van der Waals surface area contributed by atoms with Crippen molar-refractivity contribution in [3.8, 4) is 28.3 Å². The lowest BCUT2D eigenvalue weighted by Crippen LogP contribution is -2.26. The molecular weight excluding hydrogens is 498 g/mol. The molecule has 5 rings (SSSR count). The van der Waals surface area contributed by atoms with E-state index in [1.54, 1.807) is 6.20 Å². The third-order valence-corrected chi connectivity index (χ3v) is 7.34. The molecule has 8 heteroatoms. The summed E-state index contributed by atoms with van der Waals surface area (Å²) in [5.74, 6) is 0.822. The van der Waals surface area contributed by atoms with Crippen LogP contribution >= 0.6 is 0 Å². The van der Waals surface area contributed by atoms with Crippen LogP contribution in [0.5, 0.6) is 0 Å². The van der Waals surface area contributed by atoms with Crippen molar-refractivity contribution >= 4 is 0 Å². The second kappa shape index (κ2) is 12.2. The quantitative estimate of drug-likeness (QED) is 0.213. The van der Waals surface area contributed by atoms with Gasteiger partial charge in [0, 0.05) is 29.2 Å². The molecule has 0 radical (unpaired) electrons. The molecule has 0 unspecified atom stereocenters. The van der Waals surface area contributed by atoms with Gasteiger partial charge < -0.3 is 0 Å². The summed E-state index contributed by atoms with van der Waals surface area (Å²) in [5, 5.41) is 14.4. The molecule has 0 amide bonds. The van der Waals surface area contributed by atoms with E-state index < -0.39 is 0 Å². The van der Waals surface area contributed by atoms with E-state index in [0.717, 1.165) is 65.9 Å². The van der Waals surface area contributed by atoms with Gasteiger partial charge in [-0.05, 0) is 59.2 Å². The van der Waals surface area contributed by atoms with Crippen LogP contribution in [-0.2, 0) is 19.4 Å². The van der Waals surface area contributed by atoms with Crippen molar-refractivity contribution in [2.24, 2.45) is 0 Å². The van der Waals surface area contributed by atoms with E-state index in [2.05, 4.69) is 89.8 Å². The Morgan fingerprint density at radius 2 is 1.77 bits per heavy atom. The minimum absolute atomic E-state index is 0.0183. The summed E-state index contributed by atoms with van der Waals surface area (Å²) in [6.45, 7) is 9.28. The van der Waals surface area contributed by atoms with Crippen molar-refractivity contribution in [3.05, 3.63) is 99.9 Å². The Balaban J connectivity index is 1.52. The molecule has 206 valence electrons. The second-order valence-electron chi connectivity index (χ2n) is 10.6. The van der Waals surface area contributed by atoms with Crippen LogP contribution in [0.1, 0.15) is 75.3 Å². The molecule has 0 fully saturated rings. The monoisotopic (exact) mass is 535 g/mol. The van der Waals surface area contributed by atoms with Crippen LogP contribution in [0, 0.1) is 0 Å². The first kappa shape index (κ1) is 27.2. The Kier molecular flexibility index (Phi) is 8.34. The maximum atomic E-state index is 14.0. The zero-order chi connectivity index (χ0) is 28.1. The Hall–Kier alpha value is -4.33. The van der Waals surface area contributed by atoms with E-state index in [4.69, 9.17) is 0 Å². The number of imidazole rings is 1. The Morgan fingerprint density at radius 1 is 0.950 bits per heavy atom. The Bertz CT molecular complexity index is 1610. The SMILES string of the molecule is CCCCc1cn(-c2c(CCC)cccc2C(C)C)c(=O)n1Cc1ccc(-c2ncccc2-c2nn[nH]n2)cc1. The molecule has 0 bridgehead atoms. The van der Waals surface area contributed by atoms with Crippen molar-refractivity contribution in [2.75, 3.05) is 0 Å². The average Bonchev–Trinajstić information content (AvgIpc) is 3.61. The van der Waals surface area contributed by atoms with Crippen LogP contribution in [0.4, 0.5) is 0 Å². The number of aryl methyl sites for hydroxylation is 2. The maximum absolute atomic E-state index is 14.0. The normalized spacial score (nSPS) is 11.4. The Morgan fingerprint density at radius 3 is 2.48 bits per heavy atom. The lowest BCUT2D eigenvalue weighted by molar-refractivity contribution is 0.672. The summed E-state index contributed by atoms with van der Waals surface area (Å²) < 4.78 is 3.85. The van der Waals surface area contributed by atoms with Crippen molar-refractivity contribution in [3.63, 3.8) is 0 Å². The van der Waals surface area contributed by atoms with E-state index in [0.29, 0.717) is 18.3 Å². The van der Waals surface area contributed by atoms with Crippen LogP contribution in [0.25, 0.3) is 28.3 Å². The number of pyridine rings is 1. The van der Waals surface area contributed by atoms with E-state index >= 15 is 0 Å². The molecule has 8 nitrogen and oxygen atoms in total. The molecular formula is C32H37N7O. The smallest absolute Gasteiger partial charge is 0.292 e. The number of hydrogen-bond donors (Lipinski definition) is 1. The number of H-pyrrole nitrogens is 1. The molecule has 0 saturated carbocycles. The second-order valence-corrected chi connectivity index (χ2v) is 10.6. The number of tetrazole rings is 1. The molecule has 0 atom stereocenters. The lowest BCUT2D eigenvalue weighted by atomic mass is 9.95. The topological polar surface area (TPSA) is 94.3 Å². The number of aromatic amines is 1. The van der Waals surface area contributed by atoms with Crippen LogP contribution < -0.4 is 5.69 Å². The Labute approximate surface area is 235 Å². The third kappa shape index (κ3) is 5.52. The van der Waals surface area contributed by atoms with E-state index in [-0.39, 0.29) is 5.69 Å². The predicted octanol–water partition coefficient (Wildman–Crippen LogP) is 6.35. The highest BCUT2D eigenvalue weighted by Gasteiger charge is 2.19. The predicted molar refractivity (Wildman–Crippen MR) is 159 cm³/mol. The number of rotatable bonds is 11. The summed E-state index contributed by atoms with van der Waals surface area (Å²) in [6.07, 6.45) is 8.79. The van der Waals surface area contributed by atoms with Crippen molar-refractivity contribution in [1.82, 2.24) is 34.7 Å². The summed E-state index contributed by atoms with van der Waals surface area (Å²) in [4.78, 5) is 18.6. The first-order chi connectivity index (χ1) is 19.5.